The first-order valence-corrected chi connectivity index (χ1v) is 6.44. The number of aryl methyl sites for hydroxylation is 2. The molecule has 0 bridgehead atoms. The summed E-state index contributed by atoms with van der Waals surface area (Å²) in [6.07, 6.45) is 0.928. The molecule has 6 heteroatoms. The molecule has 0 aliphatic heterocycles. The van der Waals surface area contributed by atoms with Gasteiger partial charge in [0.15, 0.2) is 0 Å². The van der Waals surface area contributed by atoms with Crippen LogP contribution in [-0.4, -0.2) is 34.2 Å². The highest BCUT2D eigenvalue weighted by molar-refractivity contribution is 9.10. The second-order valence-corrected chi connectivity index (χ2v) is 4.83. The van der Waals surface area contributed by atoms with Gasteiger partial charge in [-0.15, -0.1) is 0 Å². The first-order valence-electron chi connectivity index (χ1n) is 5.52. The Morgan fingerprint density at radius 3 is 2.94 bits per heavy atom. The fourth-order valence-corrected chi connectivity index (χ4v) is 1.86. The molecule has 96 valence electrons. The maximum atomic E-state index is 11.1. The summed E-state index contributed by atoms with van der Waals surface area (Å²) in [5.74, 6) is -0.267. The highest BCUT2D eigenvalue weighted by Crippen LogP contribution is 2.04. The Kier molecular flexibility index (Phi) is 5.64. The van der Waals surface area contributed by atoms with Crippen molar-refractivity contribution in [3.05, 3.63) is 17.5 Å². The summed E-state index contributed by atoms with van der Waals surface area (Å²) in [4.78, 5) is 10.8. The minimum absolute atomic E-state index is 0.267. The zero-order chi connectivity index (χ0) is 12.8. The lowest BCUT2D eigenvalue weighted by Crippen LogP contribution is -2.29. The Bertz CT molecular complexity index is 379. The third-order valence-electron chi connectivity index (χ3n) is 2.48. The molecule has 1 rings (SSSR count). The molecule has 17 heavy (non-hydrogen) atoms. The third kappa shape index (κ3) is 4.12. The molecule has 5 nitrogen and oxygen atoms in total. The van der Waals surface area contributed by atoms with Crippen molar-refractivity contribution in [1.82, 2.24) is 15.1 Å². The second-order valence-electron chi connectivity index (χ2n) is 3.73. The smallest absolute Gasteiger partial charge is 0.320 e. The Morgan fingerprint density at radius 1 is 1.71 bits per heavy atom. The Hall–Kier alpha value is -0.880. The first-order chi connectivity index (χ1) is 8.08. The minimum atomic E-state index is -0.314. The van der Waals surface area contributed by atoms with Crippen LogP contribution in [-0.2, 0) is 29.5 Å². The zero-order valence-electron chi connectivity index (χ0n) is 10.4. The molecule has 1 aromatic rings. The van der Waals surface area contributed by atoms with E-state index in [0.717, 1.165) is 17.8 Å². The molecule has 0 saturated carbocycles. The van der Waals surface area contributed by atoms with Crippen LogP contribution >= 0.6 is 15.9 Å². The predicted molar refractivity (Wildman–Crippen MR) is 69.0 cm³/mol. The average Bonchev–Trinajstić information content (AvgIpc) is 2.69. The highest BCUT2D eigenvalue weighted by atomic mass is 79.9. The van der Waals surface area contributed by atoms with Crippen molar-refractivity contribution in [2.24, 2.45) is 7.05 Å². The summed E-state index contributed by atoms with van der Waals surface area (Å²) in [5.41, 5.74) is 2.18. The maximum absolute atomic E-state index is 11.1. The quantitative estimate of drug-likeness (QED) is 0.629. The number of alkyl halides is 1. The fraction of sp³-hybridized carbons (Fsp3) is 0.636. The van der Waals surface area contributed by atoms with Crippen LogP contribution in [0.15, 0.2) is 6.07 Å². The summed E-state index contributed by atoms with van der Waals surface area (Å²) in [5, 5.41) is 7.54. The van der Waals surface area contributed by atoms with E-state index in [1.165, 1.54) is 7.11 Å². The van der Waals surface area contributed by atoms with Crippen LogP contribution in [0.1, 0.15) is 18.3 Å². The van der Waals surface area contributed by atoms with Crippen LogP contribution in [0.2, 0.25) is 0 Å². The van der Waals surface area contributed by atoms with E-state index in [4.69, 9.17) is 0 Å². The normalized spacial score (nSPS) is 12.5. The van der Waals surface area contributed by atoms with Crippen molar-refractivity contribution in [2.75, 3.05) is 13.7 Å². The molecular formula is C11H18BrN3O2. The Labute approximate surface area is 110 Å². The van der Waals surface area contributed by atoms with E-state index in [1.54, 1.807) is 0 Å². The lowest BCUT2D eigenvalue weighted by Gasteiger charge is -2.09. The number of aromatic nitrogens is 2. The van der Waals surface area contributed by atoms with Crippen LogP contribution in [0.3, 0.4) is 0 Å². The number of ether oxygens (including phenoxy) is 1. The number of esters is 1. The van der Waals surface area contributed by atoms with Gasteiger partial charge >= 0.3 is 5.97 Å². The van der Waals surface area contributed by atoms with E-state index in [-0.39, 0.29) is 10.8 Å². The van der Waals surface area contributed by atoms with Gasteiger partial charge in [0.1, 0.15) is 4.83 Å². The van der Waals surface area contributed by atoms with Gasteiger partial charge in [-0.25, -0.2) is 0 Å². The van der Waals surface area contributed by atoms with Crippen LogP contribution in [0.5, 0.6) is 0 Å². The summed E-state index contributed by atoms with van der Waals surface area (Å²) in [6.45, 7) is 3.28. The van der Waals surface area contributed by atoms with E-state index >= 15 is 0 Å². The molecule has 1 atom stereocenters. The maximum Gasteiger partial charge on any atom is 0.320 e. The number of methoxy groups -OCH3 is 1. The number of nitrogens with zero attached hydrogens (tertiary/aromatic N) is 2. The number of halogens is 1. The van der Waals surface area contributed by atoms with Crippen LogP contribution in [0.25, 0.3) is 0 Å². The first kappa shape index (κ1) is 14.2. The number of nitrogens with one attached hydrogen (secondary N) is 1. The zero-order valence-corrected chi connectivity index (χ0v) is 12.0. The largest absolute Gasteiger partial charge is 0.468 e. The van der Waals surface area contributed by atoms with Crippen molar-refractivity contribution in [3.8, 4) is 0 Å². The second kappa shape index (κ2) is 6.76. The third-order valence-corrected chi connectivity index (χ3v) is 3.17. The van der Waals surface area contributed by atoms with Gasteiger partial charge in [0.2, 0.25) is 0 Å². The number of rotatable bonds is 6. The number of carbonyl (C=O) groups is 1. The molecule has 1 heterocycles. The monoisotopic (exact) mass is 303 g/mol. The van der Waals surface area contributed by atoms with Crippen molar-refractivity contribution < 1.29 is 9.53 Å². The molecule has 1 unspecified atom stereocenters. The summed E-state index contributed by atoms with van der Waals surface area (Å²) < 4.78 is 6.47. The fourth-order valence-electron chi connectivity index (χ4n) is 1.45. The van der Waals surface area contributed by atoms with E-state index < -0.39 is 0 Å². The molecule has 0 saturated heterocycles. The summed E-state index contributed by atoms with van der Waals surface area (Å²) in [7, 11) is 3.30. The topological polar surface area (TPSA) is 56.1 Å². The number of carbonyl (C=O) groups excluding carboxylic acids is 1. The standard InChI is InChI=1S/C11H18BrN3O2/c1-4-8-5-9(15(2)14-8)6-13-7-10(12)11(16)17-3/h5,10,13H,4,6-7H2,1-3H3. The van der Waals surface area contributed by atoms with Gasteiger partial charge in [0.05, 0.1) is 18.5 Å². The Morgan fingerprint density at radius 2 is 2.41 bits per heavy atom. The van der Waals surface area contributed by atoms with E-state index in [0.29, 0.717) is 13.1 Å². The van der Waals surface area contributed by atoms with Crippen molar-refractivity contribution >= 4 is 21.9 Å². The van der Waals surface area contributed by atoms with Crippen molar-refractivity contribution in [2.45, 2.75) is 24.7 Å². The van der Waals surface area contributed by atoms with Gasteiger partial charge in [-0.05, 0) is 12.5 Å². The van der Waals surface area contributed by atoms with Crippen molar-refractivity contribution in [3.63, 3.8) is 0 Å². The molecule has 0 amide bonds. The number of hydrogen-bond acceptors (Lipinski definition) is 4. The van der Waals surface area contributed by atoms with Gasteiger partial charge in [0, 0.05) is 20.1 Å². The molecule has 0 spiro atoms. The molecule has 1 N–H and O–H groups in total. The SMILES string of the molecule is CCc1cc(CNCC(Br)C(=O)OC)n(C)n1. The molecule has 0 aliphatic rings. The summed E-state index contributed by atoms with van der Waals surface area (Å²) >= 11 is 3.25. The lowest BCUT2D eigenvalue weighted by molar-refractivity contribution is -0.139. The van der Waals surface area contributed by atoms with Crippen LogP contribution < -0.4 is 5.32 Å². The molecule has 0 aliphatic carbocycles. The highest BCUT2D eigenvalue weighted by Gasteiger charge is 2.14. The average molecular weight is 304 g/mol. The predicted octanol–water partition coefficient (Wildman–Crippen LogP) is 1.01. The summed E-state index contributed by atoms with van der Waals surface area (Å²) in [6, 6.07) is 2.06. The molecule has 1 aromatic heterocycles. The van der Waals surface area contributed by atoms with Crippen LogP contribution in [0, 0.1) is 0 Å². The van der Waals surface area contributed by atoms with E-state index in [9.17, 15) is 4.79 Å². The Balaban J connectivity index is 2.40. The molecule has 0 fully saturated rings. The molecule has 0 radical (unpaired) electrons. The van der Waals surface area contributed by atoms with Gasteiger partial charge in [-0.3, -0.25) is 9.48 Å². The van der Waals surface area contributed by atoms with Gasteiger partial charge in [0.25, 0.3) is 0 Å². The minimum Gasteiger partial charge on any atom is -0.468 e. The van der Waals surface area contributed by atoms with E-state index in [1.807, 2.05) is 11.7 Å². The number of hydrogen-bond donors (Lipinski definition) is 1. The molecular weight excluding hydrogens is 286 g/mol. The molecule has 0 aromatic carbocycles. The van der Waals surface area contributed by atoms with Gasteiger partial charge < -0.3 is 10.1 Å². The van der Waals surface area contributed by atoms with Crippen LogP contribution in [0.4, 0.5) is 0 Å². The van der Waals surface area contributed by atoms with Crippen molar-refractivity contribution in [1.29, 1.82) is 0 Å². The lowest BCUT2D eigenvalue weighted by atomic mass is 10.3. The van der Waals surface area contributed by atoms with Gasteiger partial charge in [-0.2, -0.15) is 5.10 Å². The van der Waals surface area contributed by atoms with Gasteiger partial charge in [-0.1, -0.05) is 22.9 Å². The van der Waals surface area contributed by atoms with E-state index in [2.05, 4.69) is 44.1 Å².